The number of hydrogen-bond acceptors (Lipinski definition) is 6. The number of nitrogens with zero attached hydrogens (tertiary/aromatic N) is 2. The summed E-state index contributed by atoms with van der Waals surface area (Å²) in [6, 6.07) is 0.394. The summed E-state index contributed by atoms with van der Waals surface area (Å²) < 4.78 is 10.8. The van der Waals surface area contributed by atoms with Crippen LogP contribution in [0.5, 0.6) is 6.01 Å². The third-order valence-corrected chi connectivity index (χ3v) is 4.16. The van der Waals surface area contributed by atoms with E-state index in [1.54, 1.807) is 0 Å². The number of hydrogen-bond donors (Lipinski definition) is 2. The maximum absolute atomic E-state index is 6.19. The van der Waals surface area contributed by atoms with Crippen molar-refractivity contribution < 1.29 is 9.47 Å². The van der Waals surface area contributed by atoms with Crippen molar-refractivity contribution >= 4 is 17.4 Å². The van der Waals surface area contributed by atoms with E-state index in [1.165, 1.54) is 13.3 Å². The van der Waals surface area contributed by atoms with Crippen LogP contribution < -0.4 is 15.8 Å². The van der Waals surface area contributed by atoms with Crippen molar-refractivity contribution in [3.63, 3.8) is 0 Å². The van der Waals surface area contributed by atoms with Crippen molar-refractivity contribution in [3.05, 3.63) is 11.2 Å². The van der Waals surface area contributed by atoms with Crippen LogP contribution in [0, 0.1) is 5.92 Å². The number of nitrogens with one attached hydrogen (secondary N) is 1. The molecule has 0 radical (unpaired) electrons. The molecule has 7 heteroatoms. The first kappa shape index (κ1) is 12.9. The van der Waals surface area contributed by atoms with Gasteiger partial charge in [0.05, 0.1) is 25.5 Å². The van der Waals surface area contributed by atoms with Crippen LogP contribution in [0.2, 0.25) is 5.02 Å². The number of rotatable bonds is 3. The van der Waals surface area contributed by atoms with E-state index in [0.717, 1.165) is 19.4 Å². The molecule has 0 aromatic carbocycles. The second kappa shape index (κ2) is 5.11. The maximum atomic E-state index is 6.19. The molecule has 2 heterocycles. The Labute approximate surface area is 116 Å². The zero-order valence-corrected chi connectivity index (χ0v) is 11.4. The van der Waals surface area contributed by atoms with Crippen LogP contribution in [0.4, 0.5) is 5.82 Å². The molecule has 0 spiro atoms. The largest absolute Gasteiger partial charge is 0.467 e. The Morgan fingerprint density at radius 2 is 2.42 bits per heavy atom. The average molecular weight is 285 g/mol. The van der Waals surface area contributed by atoms with Gasteiger partial charge in [0.2, 0.25) is 0 Å². The smallest absolute Gasteiger partial charge is 0.318 e. The molecule has 0 bridgehead atoms. The summed E-state index contributed by atoms with van der Waals surface area (Å²) in [4.78, 5) is 8.14. The molecule has 0 amide bonds. The summed E-state index contributed by atoms with van der Waals surface area (Å²) in [7, 11) is 1.52. The SMILES string of the molecule is COc1ncc(Cl)c(NC2C(N)C3CCCOC32)n1. The van der Waals surface area contributed by atoms with Gasteiger partial charge in [-0.2, -0.15) is 4.98 Å². The van der Waals surface area contributed by atoms with Crippen LogP contribution in [0.25, 0.3) is 0 Å². The molecule has 1 aromatic heterocycles. The van der Waals surface area contributed by atoms with E-state index < -0.39 is 0 Å². The quantitative estimate of drug-likeness (QED) is 0.863. The number of aromatic nitrogens is 2. The molecule has 1 saturated carbocycles. The van der Waals surface area contributed by atoms with Gasteiger partial charge in [-0.25, -0.2) is 4.98 Å². The third-order valence-electron chi connectivity index (χ3n) is 3.89. The molecule has 2 fully saturated rings. The fraction of sp³-hybridized carbons (Fsp3) is 0.667. The predicted octanol–water partition coefficient (Wildman–Crippen LogP) is 1.06. The molecular weight excluding hydrogens is 268 g/mol. The highest BCUT2D eigenvalue weighted by atomic mass is 35.5. The maximum Gasteiger partial charge on any atom is 0.318 e. The van der Waals surface area contributed by atoms with E-state index in [4.69, 9.17) is 26.8 Å². The Kier molecular flexibility index (Phi) is 3.47. The lowest BCUT2D eigenvalue weighted by molar-refractivity contribution is -0.104. The molecule has 1 aliphatic carbocycles. The average Bonchev–Trinajstić information content (AvgIpc) is 2.46. The Hall–Kier alpha value is -1.11. The highest BCUT2D eigenvalue weighted by Gasteiger charge is 2.50. The second-order valence-electron chi connectivity index (χ2n) is 4.94. The van der Waals surface area contributed by atoms with Crippen molar-refractivity contribution in [3.8, 4) is 6.01 Å². The van der Waals surface area contributed by atoms with E-state index in [0.29, 0.717) is 16.8 Å². The van der Waals surface area contributed by atoms with Gasteiger partial charge in [0.1, 0.15) is 5.02 Å². The summed E-state index contributed by atoms with van der Waals surface area (Å²) in [6.07, 6.45) is 3.88. The Bertz CT molecular complexity index is 473. The van der Waals surface area contributed by atoms with Gasteiger partial charge in [-0.05, 0) is 12.8 Å². The fourth-order valence-corrected chi connectivity index (χ4v) is 2.98. The zero-order chi connectivity index (χ0) is 13.4. The fourth-order valence-electron chi connectivity index (χ4n) is 2.83. The number of ether oxygens (including phenoxy) is 2. The van der Waals surface area contributed by atoms with Crippen molar-refractivity contribution in [1.82, 2.24) is 9.97 Å². The minimum atomic E-state index is 0.0439. The highest BCUT2D eigenvalue weighted by molar-refractivity contribution is 6.32. The van der Waals surface area contributed by atoms with Crippen molar-refractivity contribution in [2.24, 2.45) is 11.7 Å². The van der Waals surface area contributed by atoms with E-state index >= 15 is 0 Å². The van der Waals surface area contributed by atoms with Gasteiger partial charge in [-0.1, -0.05) is 11.6 Å². The molecule has 3 rings (SSSR count). The lowest BCUT2D eigenvalue weighted by Gasteiger charge is -2.52. The van der Waals surface area contributed by atoms with Crippen molar-refractivity contribution in [1.29, 1.82) is 0 Å². The number of fused-ring (bicyclic) bond motifs is 1. The van der Waals surface area contributed by atoms with E-state index in [2.05, 4.69) is 15.3 Å². The van der Waals surface area contributed by atoms with Gasteiger partial charge in [0.15, 0.2) is 5.82 Å². The van der Waals surface area contributed by atoms with E-state index in [9.17, 15) is 0 Å². The number of anilines is 1. The molecule has 2 aliphatic rings. The van der Waals surface area contributed by atoms with Gasteiger partial charge >= 0.3 is 6.01 Å². The first-order chi connectivity index (χ1) is 9.20. The minimum absolute atomic E-state index is 0.0439. The van der Waals surface area contributed by atoms with Crippen LogP contribution in [0.15, 0.2) is 6.20 Å². The van der Waals surface area contributed by atoms with E-state index in [-0.39, 0.29) is 24.2 Å². The molecule has 3 N–H and O–H groups in total. The molecule has 104 valence electrons. The summed E-state index contributed by atoms with van der Waals surface area (Å²) in [5, 5.41) is 3.71. The number of methoxy groups -OCH3 is 1. The zero-order valence-electron chi connectivity index (χ0n) is 10.7. The topological polar surface area (TPSA) is 82.3 Å². The van der Waals surface area contributed by atoms with Crippen LogP contribution in [0.3, 0.4) is 0 Å². The van der Waals surface area contributed by atoms with Crippen molar-refractivity contribution in [2.75, 3.05) is 19.0 Å². The summed E-state index contributed by atoms with van der Waals surface area (Å²) >= 11 is 6.08. The lowest BCUT2D eigenvalue weighted by Crippen LogP contribution is -2.69. The van der Waals surface area contributed by atoms with Gasteiger partial charge in [-0.3, -0.25) is 0 Å². The molecule has 1 aliphatic heterocycles. The summed E-state index contributed by atoms with van der Waals surface area (Å²) in [5.41, 5.74) is 6.19. The minimum Gasteiger partial charge on any atom is -0.467 e. The number of nitrogens with two attached hydrogens (primary N) is 1. The molecule has 1 saturated heterocycles. The Morgan fingerprint density at radius 1 is 1.58 bits per heavy atom. The third kappa shape index (κ3) is 2.24. The van der Waals surface area contributed by atoms with Crippen LogP contribution in [0.1, 0.15) is 12.8 Å². The standard InChI is InChI=1S/C12H17ClN4O2/c1-18-12-15-5-7(13)11(17-12)16-9-8(14)6-3-2-4-19-10(6)9/h5-6,8-10H,2-4,14H2,1H3,(H,15,16,17). The molecular formula is C12H17ClN4O2. The lowest BCUT2D eigenvalue weighted by atomic mass is 9.68. The van der Waals surface area contributed by atoms with Gasteiger partial charge < -0.3 is 20.5 Å². The van der Waals surface area contributed by atoms with Gasteiger partial charge in [-0.15, -0.1) is 0 Å². The van der Waals surface area contributed by atoms with Gasteiger partial charge in [0.25, 0.3) is 0 Å². The monoisotopic (exact) mass is 284 g/mol. The molecule has 4 atom stereocenters. The van der Waals surface area contributed by atoms with Crippen LogP contribution in [-0.4, -0.2) is 41.9 Å². The first-order valence-electron chi connectivity index (χ1n) is 6.41. The second-order valence-corrected chi connectivity index (χ2v) is 5.35. The van der Waals surface area contributed by atoms with Gasteiger partial charge in [0, 0.05) is 18.6 Å². The summed E-state index contributed by atoms with van der Waals surface area (Å²) in [5.74, 6) is 0.982. The molecule has 19 heavy (non-hydrogen) atoms. The van der Waals surface area contributed by atoms with Crippen molar-refractivity contribution in [2.45, 2.75) is 31.0 Å². The Balaban J connectivity index is 1.74. The van der Waals surface area contributed by atoms with E-state index in [1.807, 2.05) is 0 Å². The Morgan fingerprint density at radius 3 is 3.21 bits per heavy atom. The highest BCUT2D eigenvalue weighted by Crippen LogP contribution is 2.39. The molecule has 1 aromatic rings. The first-order valence-corrected chi connectivity index (χ1v) is 6.78. The number of halogens is 1. The van der Waals surface area contributed by atoms with Crippen LogP contribution >= 0.6 is 11.6 Å². The normalized spacial score (nSPS) is 33.2. The van der Waals surface area contributed by atoms with Crippen LogP contribution in [-0.2, 0) is 4.74 Å². The summed E-state index contributed by atoms with van der Waals surface area (Å²) in [6.45, 7) is 0.799. The molecule has 4 unspecified atom stereocenters. The molecule has 6 nitrogen and oxygen atoms in total. The predicted molar refractivity (Wildman–Crippen MR) is 71.4 cm³/mol.